The predicted molar refractivity (Wildman–Crippen MR) is 97.1 cm³/mol. The number of rotatable bonds is 8. The zero-order valence-corrected chi connectivity index (χ0v) is 15.3. The lowest BCUT2D eigenvalue weighted by atomic mass is 10.2. The molecular formula is C17H19F3N4O2S. The van der Waals surface area contributed by atoms with Gasteiger partial charge in [-0.15, -0.1) is 11.3 Å². The van der Waals surface area contributed by atoms with Crippen molar-refractivity contribution in [3.63, 3.8) is 0 Å². The van der Waals surface area contributed by atoms with E-state index >= 15 is 0 Å². The molecule has 0 aliphatic heterocycles. The Morgan fingerprint density at radius 3 is 2.67 bits per heavy atom. The summed E-state index contributed by atoms with van der Waals surface area (Å²) in [6.45, 7) is 2.70. The van der Waals surface area contributed by atoms with Crippen LogP contribution >= 0.6 is 11.3 Å². The van der Waals surface area contributed by atoms with Gasteiger partial charge >= 0.3 is 6.18 Å². The average molecular weight is 400 g/mol. The van der Waals surface area contributed by atoms with Crippen molar-refractivity contribution < 1.29 is 22.8 Å². The van der Waals surface area contributed by atoms with Crippen LogP contribution in [0.15, 0.2) is 29.6 Å². The van der Waals surface area contributed by atoms with Crippen molar-refractivity contribution in [3.8, 4) is 0 Å². The number of nitrogens with one attached hydrogen (secondary N) is 3. The van der Waals surface area contributed by atoms with Crippen LogP contribution < -0.4 is 16.0 Å². The Morgan fingerprint density at radius 2 is 1.96 bits per heavy atom. The summed E-state index contributed by atoms with van der Waals surface area (Å²) in [7, 11) is 0. The molecule has 27 heavy (non-hydrogen) atoms. The third-order valence-electron chi connectivity index (χ3n) is 3.39. The Bertz CT molecular complexity index is 792. The number of hydrogen-bond donors (Lipinski definition) is 3. The van der Waals surface area contributed by atoms with Crippen LogP contribution in [-0.4, -0.2) is 29.9 Å². The minimum atomic E-state index is -4.44. The lowest BCUT2D eigenvalue weighted by Gasteiger charge is -2.09. The van der Waals surface area contributed by atoms with E-state index < -0.39 is 17.6 Å². The summed E-state index contributed by atoms with van der Waals surface area (Å²) in [6.07, 6.45) is -3.45. The van der Waals surface area contributed by atoms with E-state index in [-0.39, 0.29) is 30.3 Å². The number of alkyl halides is 3. The van der Waals surface area contributed by atoms with Crippen molar-refractivity contribution in [1.82, 2.24) is 15.6 Å². The van der Waals surface area contributed by atoms with Crippen LogP contribution in [0.3, 0.4) is 0 Å². The summed E-state index contributed by atoms with van der Waals surface area (Å²) in [4.78, 5) is 27.5. The molecule has 0 atom stereocenters. The van der Waals surface area contributed by atoms with Crippen molar-refractivity contribution in [2.45, 2.75) is 25.9 Å². The van der Waals surface area contributed by atoms with Gasteiger partial charge in [-0.3, -0.25) is 9.59 Å². The Kier molecular flexibility index (Phi) is 7.17. The average Bonchev–Trinajstić information content (AvgIpc) is 3.08. The van der Waals surface area contributed by atoms with E-state index in [9.17, 15) is 22.8 Å². The van der Waals surface area contributed by atoms with Gasteiger partial charge in [0.2, 0.25) is 5.91 Å². The first-order valence-electron chi connectivity index (χ1n) is 8.24. The Hall–Kier alpha value is -2.62. The third kappa shape index (κ3) is 6.55. The lowest BCUT2D eigenvalue weighted by Crippen LogP contribution is -2.31. The second-order valence-electron chi connectivity index (χ2n) is 5.60. The highest BCUT2D eigenvalue weighted by atomic mass is 32.1. The normalized spacial score (nSPS) is 11.1. The Morgan fingerprint density at radius 1 is 1.19 bits per heavy atom. The van der Waals surface area contributed by atoms with E-state index in [1.165, 1.54) is 17.5 Å². The van der Waals surface area contributed by atoms with E-state index in [0.29, 0.717) is 11.7 Å². The number of benzene rings is 1. The molecule has 0 aliphatic carbocycles. The quantitative estimate of drug-likeness (QED) is 0.633. The van der Waals surface area contributed by atoms with Gasteiger partial charge < -0.3 is 16.0 Å². The number of anilines is 2. The van der Waals surface area contributed by atoms with Gasteiger partial charge in [-0.25, -0.2) is 4.98 Å². The number of carbonyl (C=O) groups excluding carboxylic acids is 2. The minimum absolute atomic E-state index is 0.128. The van der Waals surface area contributed by atoms with Crippen LogP contribution in [0, 0.1) is 0 Å². The van der Waals surface area contributed by atoms with Crippen molar-refractivity contribution in [2.24, 2.45) is 0 Å². The van der Waals surface area contributed by atoms with Gasteiger partial charge in [0.05, 0.1) is 5.56 Å². The maximum atomic E-state index is 12.7. The fraction of sp³-hybridized carbons (Fsp3) is 0.353. The van der Waals surface area contributed by atoms with Gasteiger partial charge in [0, 0.05) is 30.6 Å². The van der Waals surface area contributed by atoms with Gasteiger partial charge in [0.15, 0.2) is 5.13 Å². The number of thiazole rings is 1. The molecule has 0 saturated heterocycles. The summed E-state index contributed by atoms with van der Waals surface area (Å²) in [6, 6.07) is 4.71. The molecule has 1 aromatic heterocycles. The Balaban J connectivity index is 1.89. The van der Waals surface area contributed by atoms with Crippen LogP contribution in [0.4, 0.5) is 24.0 Å². The molecule has 146 valence electrons. The second-order valence-corrected chi connectivity index (χ2v) is 6.46. The standard InChI is InChI=1S/C17H19F3N4O2S/c1-2-7-21-14(25)6-8-22-15(26)13-10-27-16(24-13)23-12-5-3-4-11(9-12)17(18,19)20/h3-5,9-10H,2,6-8H2,1H3,(H,21,25)(H,22,26)(H,23,24). The van der Waals surface area contributed by atoms with Crippen molar-refractivity contribution in [2.75, 3.05) is 18.4 Å². The van der Waals surface area contributed by atoms with Gasteiger partial charge in [0.25, 0.3) is 5.91 Å². The van der Waals surface area contributed by atoms with Crippen LogP contribution in [0.1, 0.15) is 35.8 Å². The fourth-order valence-electron chi connectivity index (χ4n) is 2.07. The van der Waals surface area contributed by atoms with Crippen molar-refractivity contribution >= 4 is 34.0 Å². The molecule has 10 heteroatoms. The number of amides is 2. The van der Waals surface area contributed by atoms with Crippen molar-refractivity contribution in [1.29, 1.82) is 0 Å². The van der Waals surface area contributed by atoms with Crippen LogP contribution in [0.25, 0.3) is 0 Å². The Labute approximate surface area is 158 Å². The number of hydrogen-bond acceptors (Lipinski definition) is 5. The maximum Gasteiger partial charge on any atom is 0.416 e. The maximum absolute atomic E-state index is 12.7. The number of aromatic nitrogens is 1. The fourth-order valence-corrected chi connectivity index (χ4v) is 2.78. The van der Waals surface area contributed by atoms with Gasteiger partial charge in [-0.2, -0.15) is 13.2 Å². The molecule has 0 fully saturated rings. The highest BCUT2D eigenvalue weighted by Gasteiger charge is 2.30. The van der Waals surface area contributed by atoms with Gasteiger partial charge in [-0.1, -0.05) is 13.0 Å². The molecule has 2 amide bonds. The van der Waals surface area contributed by atoms with E-state index in [1.807, 2.05) is 6.92 Å². The molecule has 2 rings (SSSR count). The molecule has 1 aromatic carbocycles. The molecule has 3 N–H and O–H groups in total. The summed E-state index contributed by atoms with van der Waals surface area (Å²) >= 11 is 1.09. The molecule has 1 heterocycles. The van der Waals surface area contributed by atoms with E-state index in [0.717, 1.165) is 29.9 Å². The largest absolute Gasteiger partial charge is 0.416 e. The molecule has 0 unspecified atom stereocenters. The summed E-state index contributed by atoms with van der Waals surface area (Å²) in [5.74, 6) is -0.603. The highest BCUT2D eigenvalue weighted by molar-refractivity contribution is 7.14. The molecular weight excluding hydrogens is 381 g/mol. The molecule has 0 saturated carbocycles. The smallest absolute Gasteiger partial charge is 0.356 e. The molecule has 6 nitrogen and oxygen atoms in total. The van der Waals surface area contributed by atoms with E-state index in [1.54, 1.807) is 0 Å². The second kappa shape index (κ2) is 9.36. The molecule has 0 radical (unpaired) electrons. The molecule has 0 spiro atoms. The monoisotopic (exact) mass is 400 g/mol. The number of halogens is 3. The lowest BCUT2D eigenvalue weighted by molar-refractivity contribution is -0.137. The first-order valence-corrected chi connectivity index (χ1v) is 9.12. The van der Waals surface area contributed by atoms with Gasteiger partial charge in [-0.05, 0) is 24.6 Å². The SMILES string of the molecule is CCCNC(=O)CCNC(=O)c1csc(Nc2cccc(C(F)(F)F)c2)n1. The molecule has 0 bridgehead atoms. The number of carbonyl (C=O) groups is 2. The van der Waals surface area contributed by atoms with E-state index in [4.69, 9.17) is 0 Å². The summed E-state index contributed by atoms with van der Waals surface area (Å²) < 4.78 is 38.2. The number of nitrogens with zero attached hydrogens (tertiary/aromatic N) is 1. The first-order chi connectivity index (χ1) is 12.8. The van der Waals surface area contributed by atoms with Crippen LogP contribution in [0.2, 0.25) is 0 Å². The summed E-state index contributed by atoms with van der Waals surface area (Å²) in [5.41, 5.74) is -0.425. The zero-order valence-electron chi connectivity index (χ0n) is 14.5. The predicted octanol–water partition coefficient (Wildman–Crippen LogP) is 3.55. The van der Waals surface area contributed by atoms with Gasteiger partial charge in [0.1, 0.15) is 5.69 Å². The summed E-state index contributed by atoms with van der Waals surface area (Å²) in [5, 5.41) is 9.81. The van der Waals surface area contributed by atoms with Crippen LogP contribution in [-0.2, 0) is 11.0 Å². The van der Waals surface area contributed by atoms with Crippen molar-refractivity contribution in [3.05, 3.63) is 40.9 Å². The zero-order chi connectivity index (χ0) is 19.9. The minimum Gasteiger partial charge on any atom is -0.356 e. The highest BCUT2D eigenvalue weighted by Crippen LogP contribution is 2.31. The first kappa shape index (κ1) is 20.7. The molecule has 2 aromatic rings. The van der Waals surface area contributed by atoms with E-state index in [2.05, 4.69) is 20.9 Å². The molecule has 0 aliphatic rings. The van der Waals surface area contributed by atoms with Crippen LogP contribution in [0.5, 0.6) is 0 Å². The third-order valence-corrected chi connectivity index (χ3v) is 4.15. The topological polar surface area (TPSA) is 83.1 Å².